The number of carbonyl (C=O) groups is 2. The van der Waals surface area contributed by atoms with E-state index >= 15 is 0 Å². The van der Waals surface area contributed by atoms with Crippen LogP contribution in [0.1, 0.15) is 62.4 Å². The van der Waals surface area contributed by atoms with Gasteiger partial charge in [0.15, 0.2) is 5.76 Å². The van der Waals surface area contributed by atoms with Gasteiger partial charge in [-0.1, -0.05) is 26.2 Å². The zero-order chi connectivity index (χ0) is 22.3. The molecule has 1 saturated heterocycles. The Morgan fingerprint density at radius 3 is 2.50 bits per heavy atom. The maximum Gasteiger partial charge on any atom is 0.289 e. The molecule has 1 aliphatic carbocycles. The second kappa shape index (κ2) is 10.7. The molecule has 7 nitrogen and oxygen atoms in total. The van der Waals surface area contributed by atoms with Crippen LogP contribution in [0.4, 0.5) is 11.5 Å². The average molecular weight is 439 g/mol. The number of piperazine rings is 1. The van der Waals surface area contributed by atoms with Crippen LogP contribution >= 0.6 is 0 Å². The molecule has 1 saturated carbocycles. The van der Waals surface area contributed by atoms with Gasteiger partial charge in [-0.05, 0) is 55.9 Å². The summed E-state index contributed by atoms with van der Waals surface area (Å²) in [4.78, 5) is 33.6. The molecule has 1 N–H and O–H groups in total. The van der Waals surface area contributed by atoms with Gasteiger partial charge in [-0.25, -0.2) is 4.98 Å². The van der Waals surface area contributed by atoms with Crippen LogP contribution in [-0.2, 0) is 4.79 Å². The number of nitrogens with zero attached hydrogens (tertiary/aromatic N) is 3. The molecule has 172 valence electrons. The van der Waals surface area contributed by atoms with E-state index in [1.165, 1.54) is 38.4 Å². The van der Waals surface area contributed by atoms with Crippen molar-refractivity contribution in [3.8, 4) is 0 Å². The van der Waals surface area contributed by atoms with Gasteiger partial charge in [-0.15, -0.1) is 0 Å². The highest BCUT2D eigenvalue weighted by Crippen LogP contribution is 2.32. The maximum atomic E-state index is 12.7. The van der Waals surface area contributed by atoms with Gasteiger partial charge < -0.3 is 19.5 Å². The Hall–Kier alpha value is -2.83. The first-order valence-electron chi connectivity index (χ1n) is 12.0. The maximum absolute atomic E-state index is 12.7. The van der Waals surface area contributed by atoms with Crippen molar-refractivity contribution in [1.29, 1.82) is 0 Å². The summed E-state index contributed by atoms with van der Waals surface area (Å²) < 4.78 is 5.22. The number of unbranched alkanes of at least 4 members (excludes halogenated alkanes) is 1. The van der Waals surface area contributed by atoms with Crippen LogP contribution in [0.25, 0.3) is 0 Å². The molecule has 4 rings (SSSR count). The molecule has 0 aromatic carbocycles. The molecule has 2 amide bonds. The van der Waals surface area contributed by atoms with Gasteiger partial charge >= 0.3 is 0 Å². The number of anilines is 2. The van der Waals surface area contributed by atoms with Crippen molar-refractivity contribution in [1.82, 2.24) is 9.88 Å². The minimum Gasteiger partial charge on any atom is -0.459 e. The lowest BCUT2D eigenvalue weighted by molar-refractivity contribution is -0.121. The Morgan fingerprint density at radius 1 is 1.09 bits per heavy atom. The molecule has 0 unspecified atom stereocenters. The van der Waals surface area contributed by atoms with E-state index < -0.39 is 0 Å². The highest BCUT2D eigenvalue weighted by atomic mass is 16.3. The summed E-state index contributed by atoms with van der Waals surface area (Å²) >= 11 is 0. The average Bonchev–Trinajstić information content (AvgIpc) is 3.38. The fourth-order valence-corrected chi connectivity index (χ4v) is 4.79. The number of rotatable bonds is 7. The largest absolute Gasteiger partial charge is 0.459 e. The summed E-state index contributed by atoms with van der Waals surface area (Å²) in [5, 5.41) is 3.05. The van der Waals surface area contributed by atoms with Crippen molar-refractivity contribution in [3.05, 3.63) is 42.5 Å². The molecule has 3 heterocycles. The van der Waals surface area contributed by atoms with Crippen LogP contribution in [0.3, 0.4) is 0 Å². The van der Waals surface area contributed by atoms with E-state index in [0.717, 1.165) is 30.3 Å². The summed E-state index contributed by atoms with van der Waals surface area (Å²) in [5.74, 6) is 2.22. The van der Waals surface area contributed by atoms with Crippen molar-refractivity contribution < 1.29 is 14.0 Å². The molecular weight excluding hydrogens is 404 g/mol. The van der Waals surface area contributed by atoms with Crippen LogP contribution in [0.5, 0.6) is 0 Å². The molecule has 0 bridgehead atoms. The van der Waals surface area contributed by atoms with Gasteiger partial charge in [-0.2, -0.15) is 0 Å². The molecule has 2 aromatic heterocycles. The first-order valence-corrected chi connectivity index (χ1v) is 12.0. The van der Waals surface area contributed by atoms with E-state index in [-0.39, 0.29) is 17.7 Å². The summed E-state index contributed by atoms with van der Waals surface area (Å²) in [5.41, 5.74) is 0.749. The number of amides is 2. The fourth-order valence-electron chi connectivity index (χ4n) is 4.79. The lowest BCUT2D eigenvalue weighted by Gasteiger charge is -2.35. The van der Waals surface area contributed by atoms with Gasteiger partial charge in [-0.3, -0.25) is 9.59 Å². The van der Waals surface area contributed by atoms with E-state index in [9.17, 15) is 9.59 Å². The summed E-state index contributed by atoms with van der Waals surface area (Å²) in [7, 11) is 0. The number of furan rings is 1. The van der Waals surface area contributed by atoms with Crippen LogP contribution in [0.2, 0.25) is 0 Å². The zero-order valence-electron chi connectivity index (χ0n) is 19.0. The van der Waals surface area contributed by atoms with Gasteiger partial charge in [0, 0.05) is 32.1 Å². The van der Waals surface area contributed by atoms with Crippen molar-refractivity contribution in [2.75, 3.05) is 36.4 Å². The molecule has 7 heteroatoms. The highest BCUT2D eigenvalue weighted by Gasteiger charge is 2.27. The Morgan fingerprint density at radius 2 is 1.88 bits per heavy atom. The minimum absolute atomic E-state index is 0.0694. The van der Waals surface area contributed by atoms with E-state index in [2.05, 4.69) is 22.1 Å². The Kier molecular flexibility index (Phi) is 7.45. The third-order valence-electron chi connectivity index (χ3n) is 6.82. The minimum atomic E-state index is -0.0694. The lowest BCUT2D eigenvalue weighted by Crippen LogP contribution is -2.49. The van der Waals surface area contributed by atoms with E-state index in [1.54, 1.807) is 23.2 Å². The number of carbonyl (C=O) groups excluding carboxylic acids is 2. The third kappa shape index (κ3) is 5.50. The van der Waals surface area contributed by atoms with E-state index in [4.69, 9.17) is 4.42 Å². The Balaban J connectivity index is 1.23. The SMILES string of the molecule is CCCCC1CCC(C(=O)Nc2ccc(N3CCN(C(=O)c4ccco4)CC3)nc2)CC1. The van der Waals surface area contributed by atoms with Gasteiger partial charge in [0.25, 0.3) is 5.91 Å². The lowest BCUT2D eigenvalue weighted by atomic mass is 9.79. The fraction of sp³-hybridized carbons (Fsp3) is 0.560. The number of hydrogen-bond acceptors (Lipinski definition) is 5. The smallest absolute Gasteiger partial charge is 0.289 e. The normalized spacial score (nSPS) is 21.4. The molecule has 2 aliphatic rings. The number of pyridine rings is 1. The number of hydrogen-bond donors (Lipinski definition) is 1. The molecule has 2 fully saturated rings. The van der Waals surface area contributed by atoms with Crippen LogP contribution in [0.15, 0.2) is 41.1 Å². The monoisotopic (exact) mass is 438 g/mol. The quantitative estimate of drug-likeness (QED) is 0.685. The highest BCUT2D eigenvalue weighted by molar-refractivity contribution is 5.92. The molecule has 0 radical (unpaired) electrons. The molecule has 32 heavy (non-hydrogen) atoms. The topological polar surface area (TPSA) is 78.7 Å². The molecular formula is C25H34N4O3. The number of aromatic nitrogens is 1. The first kappa shape index (κ1) is 22.4. The van der Waals surface area contributed by atoms with Gasteiger partial charge in [0.1, 0.15) is 5.82 Å². The van der Waals surface area contributed by atoms with E-state index in [0.29, 0.717) is 31.9 Å². The first-order chi connectivity index (χ1) is 15.6. The molecule has 2 aromatic rings. The van der Waals surface area contributed by atoms with Crippen LogP contribution in [0, 0.1) is 11.8 Å². The molecule has 1 aliphatic heterocycles. The predicted octanol–water partition coefficient (Wildman–Crippen LogP) is 4.57. The van der Waals surface area contributed by atoms with E-state index in [1.807, 2.05) is 12.1 Å². The third-order valence-corrected chi connectivity index (χ3v) is 6.82. The van der Waals surface area contributed by atoms with Gasteiger partial charge in [0.2, 0.25) is 5.91 Å². The summed E-state index contributed by atoms with van der Waals surface area (Å²) in [6.07, 6.45) is 11.4. The summed E-state index contributed by atoms with van der Waals surface area (Å²) in [6, 6.07) is 7.29. The second-order valence-corrected chi connectivity index (χ2v) is 9.01. The Bertz CT molecular complexity index is 865. The zero-order valence-corrected chi connectivity index (χ0v) is 19.0. The van der Waals surface area contributed by atoms with Crippen LogP contribution in [-0.4, -0.2) is 47.9 Å². The van der Waals surface area contributed by atoms with Crippen molar-refractivity contribution >= 4 is 23.3 Å². The standard InChI is InChI=1S/C25H34N4O3/c1-2-3-5-19-7-9-20(10-8-19)24(30)27-21-11-12-23(26-18-21)28-13-15-29(16-14-28)25(31)22-6-4-17-32-22/h4,6,11-12,17-20H,2-3,5,7-10,13-16H2,1H3,(H,27,30). The predicted molar refractivity (Wildman–Crippen MR) is 125 cm³/mol. The Labute approximate surface area is 190 Å². The summed E-state index contributed by atoms with van der Waals surface area (Å²) in [6.45, 7) is 4.92. The van der Waals surface area contributed by atoms with Crippen molar-refractivity contribution in [2.24, 2.45) is 11.8 Å². The molecule has 0 atom stereocenters. The van der Waals surface area contributed by atoms with Crippen LogP contribution < -0.4 is 10.2 Å². The molecule has 0 spiro atoms. The van der Waals surface area contributed by atoms with Crippen molar-refractivity contribution in [2.45, 2.75) is 51.9 Å². The second-order valence-electron chi connectivity index (χ2n) is 9.01. The van der Waals surface area contributed by atoms with Gasteiger partial charge in [0.05, 0.1) is 18.1 Å². The van der Waals surface area contributed by atoms with Crippen molar-refractivity contribution in [3.63, 3.8) is 0 Å². The number of nitrogens with one attached hydrogen (secondary N) is 1.